The second-order valence-corrected chi connectivity index (χ2v) is 7.31. The van der Waals surface area contributed by atoms with Gasteiger partial charge in [-0.2, -0.15) is 0 Å². The van der Waals surface area contributed by atoms with Crippen LogP contribution in [0.25, 0.3) is 0 Å². The predicted octanol–water partition coefficient (Wildman–Crippen LogP) is 5.18. The average Bonchev–Trinajstić information content (AvgIpc) is 2.28. The lowest BCUT2D eigenvalue weighted by Gasteiger charge is -2.29. The van der Waals surface area contributed by atoms with E-state index in [1.165, 1.54) is 0 Å². The number of benzene rings is 1. The van der Waals surface area contributed by atoms with E-state index in [4.69, 9.17) is 9.05 Å². The van der Waals surface area contributed by atoms with Crippen molar-refractivity contribution in [3.8, 4) is 0 Å². The predicted molar refractivity (Wildman–Crippen MR) is 79.5 cm³/mol. The number of hydrogen-bond donors (Lipinski definition) is 0. The summed E-state index contributed by atoms with van der Waals surface area (Å²) in [6, 6.07) is 9.82. The van der Waals surface area contributed by atoms with Crippen LogP contribution in [0, 0.1) is 0 Å². The fourth-order valence-electron chi connectivity index (χ4n) is 2.08. The summed E-state index contributed by atoms with van der Waals surface area (Å²) >= 11 is 0. The van der Waals surface area contributed by atoms with E-state index in [-0.39, 0.29) is 17.9 Å². The first kappa shape index (κ1) is 16.4. The van der Waals surface area contributed by atoms with Gasteiger partial charge in [0, 0.05) is 0 Å². The minimum Gasteiger partial charge on any atom is -0.305 e. The summed E-state index contributed by atoms with van der Waals surface area (Å²) in [6.45, 7) is 9.54. The average molecular weight is 284 g/mol. The molecule has 0 amide bonds. The quantitative estimate of drug-likeness (QED) is 0.647. The highest BCUT2D eigenvalue weighted by Crippen LogP contribution is 2.63. The van der Waals surface area contributed by atoms with Crippen LogP contribution in [0.5, 0.6) is 0 Å². The molecule has 1 atom stereocenters. The van der Waals surface area contributed by atoms with Crippen molar-refractivity contribution in [1.82, 2.24) is 0 Å². The first-order chi connectivity index (χ1) is 8.89. The Bertz CT molecular complexity index is 401. The van der Waals surface area contributed by atoms with E-state index in [1.807, 2.05) is 65.0 Å². The monoisotopic (exact) mass is 284 g/mol. The van der Waals surface area contributed by atoms with Gasteiger partial charge in [0.25, 0.3) is 0 Å². The first-order valence-electron chi connectivity index (χ1n) is 6.90. The summed E-state index contributed by atoms with van der Waals surface area (Å²) in [5.74, 6) is 0. The normalized spacial score (nSPS) is 14.1. The molecule has 1 aromatic carbocycles. The maximum Gasteiger partial charge on any atom is 0.338 e. The Morgan fingerprint density at radius 1 is 1.00 bits per heavy atom. The van der Waals surface area contributed by atoms with E-state index < -0.39 is 7.60 Å². The van der Waals surface area contributed by atoms with Crippen molar-refractivity contribution in [2.75, 3.05) is 0 Å². The third-order valence-corrected chi connectivity index (χ3v) is 5.53. The topological polar surface area (TPSA) is 35.5 Å². The third kappa shape index (κ3) is 4.76. The second kappa shape index (κ2) is 7.23. The summed E-state index contributed by atoms with van der Waals surface area (Å²) in [5.41, 5.74) is 0.799. The summed E-state index contributed by atoms with van der Waals surface area (Å²) in [5, 5.41) is 0. The molecule has 3 nitrogen and oxygen atoms in total. The fraction of sp³-hybridized carbons (Fsp3) is 0.600. The Kier molecular flexibility index (Phi) is 6.25. The Labute approximate surface area is 116 Å². The highest BCUT2D eigenvalue weighted by Gasteiger charge is 2.37. The molecule has 19 heavy (non-hydrogen) atoms. The lowest BCUT2D eigenvalue weighted by atomic mass is 10.1. The van der Waals surface area contributed by atoms with Crippen LogP contribution in [0.2, 0.25) is 0 Å². The standard InChI is InChI=1S/C15H25O3P/c1-6-15(14-10-8-7-9-11-14)19(16,17-12(2)3)18-13(4)5/h7-13,15H,6H2,1-5H3/t15-/m1/s1. The minimum absolute atomic E-state index is 0.123. The zero-order chi connectivity index (χ0) is 14.5. The first-order valence-corrected chi connectivity index (χ1v) is 8.51. The lowest BCUT2D eigenvalue weighted by molar-refractivity contribution is 0.136. The molecule has 1 aromatic rings. The van der Waals surface area contributed by atoms with E-state index in [0.29, 0.717) is 0 Å². The van der Waals surface area contributed by atoms with Crippen molar-refractivity contribution in [2.24, 2.45) is 0 Å². The molecular formula is C15H25O3P. The van der Waals surface area contributed by atoms with Crippen LogP contribution in [-0.4, -0.2) is 12.2 Å². The molecule has 0 aliphatic heterocycles. The van der Waals surface area contributed by atoms with Gasteiger partial charge in [-0.15, -0.1) is 0 Å². The van der Waals surface area contributed by atoms with Crippen molar-refractivity contribution in [2.45, 2.75) is 58.9 Å². The van der Waals surface area contributed by atoms with Crippen molar-refractivity contribution in [3.05, 3.63) is 35.9 Å². The fourth-order valence-corrected chi connectivity index (χ4v) is 4.58. The maximum atomic E-state index is 13.1. The van der Waals surface area contributed by atoms with Crippen LogP contribution < -0.4 is 0 Å². The molecule has 1 rings (SSSR count). The van der Waals surface area contributed by atoms with Crippen LogP contribution in [0.3, 0.4) is 0 Å². The van der Waals surface area contributed by atoms with Crippen molar-refractivity contribution in [1.29, 1.82) is 0 Å². The number of hydrogen-bond acceptors (Lipinski definition) is 3. The van der Waals surface area contributed by atoms with E-state index in [9.17, 15) is 4.57 Å². The van der Waals surface area contributed by atoms with Crippen LogP contribution in [-0.2, 0) is 13.6 Å². The highest BCUT2D eigenvalue weighted by atomic mass is 31.2. The smallest absolute Gasteiger partial charge is 0.305 e. The maximum absolute atomic E-state index is 13.1. The summed E-state index contributed by atoms with van der Waals surface area (Å²) in [4.78, 5) is 0. The van der Waals surface area contributed by atoms with Crippen LogP contribution in [0.15, 0.2) is 30.3 Å². The van der Waals surface area contributed by atoms with Gasteiger partial charge >= 0.3 is 7.60 Å². The summed E-state index contributed by atoms with van der Waals surface area (Å²) in [6.07, 6.45) is 0.477. The van der Waals surface area contributed by atoms with Crippen molar-refractivity contribution >= 4 is 7.60 Å². The van der Waals surface area contributed by atoms with E-state index >= 15 is 0 Å². The second-order valence-electron chi connectivity index (χ2n) is 5.18. The summed E-state index contributed by atoms with van der Waals surface area (Å²) in [7, 11) is -3.16. The van der Waals surface area contributed by atoms with Gasteiger partial charge in [-0.1, -0.05) is 37.3 Å². The van der Waals surface area contributed by atoms with E-state index in [1.54, 1.807) is 0 Å². The molecule has 0 fully saturated rings. The van der Waals surface area contributed by atoms with Gasteiger partial charge in [0.15, 0.2) is 0 Å². The van der Waals surface area contributed by atoms with Gasteiger partial charge in [0.2, 0.25) is 0 Å². The van der Waals surface area contributed by atoms with Crippen molar-refractivity contribution < 1.29 is 13.6 Å². The molecule has 0 saturated carbocycles. The van der Waals surface area contributed by atoms with Gasteiger partial charge in [0.1, 0.15) is 0 Å². The number of rotatable bonds is 7. The Balaban J connectivity index is 3.10. The third-order valence-electron chi connectivity index (χ3n) is 2.67. The molecule has 0 unspecified atom stereocenters. The van der Waals surface area contributed by atoms with E-state index in [0.717, 1.165) is 12.0 Å². The highest BCUT2D eigenvalue weighted by molar-refractivity contribution is 7.54. The molecule has 0 radical (unpaired) electrons. The molecule has 0 saturated heterocycles. The van der Waals surface area contributed by atoms with Crippen LogP contribution in [0.4, 0.5) is 0 Å². The zero-order valence-electron chi connectivity index (χ0n) is 12.5. The molecule has 4 heteroatoms. The van der Waals surface area contributed by atoms with Gasteiger partial charge in [-0.05, 0) is 39.7 Å². The molecule has 0 bridgehead atoms. The Morgan fingerprint density at radius 3 is 1.84 bits per heavy atom. The molecule has 0 aliphatic rings. The minimum atomic E-state index is -3.16. The van der Waals surface area contributed by atoms with Gasteiger partial charge in [0.05, 0.1) is 17.9 Å². The van der Waals surface area contributed by atoms with E-state index in [2.05, 4.69) is 0 Å². The Hall–Kier alpha value is -0.630. The molecular weight excluding hydrogens is 259 g/mol. The molecule has 0 N–H and O–H groups in total. The van der Waals surface area contributed by atoms with Gasteiger partial charge in [-0.25, -0.2) is 0 Å². The van der Waals surface area contributed by atoms with Crippen molar-refractivity contribution in [3.63, 3.8) is 0 Å². The largest absolute Gasteiger partial charge is 0.338 e. The van der Waals surface area contributed by atoms with Gasteiger partial charge < -0.3 is 9.05 Å². The molecule has 108 valence electrons. The zero-order valence-corrected chi connectivity index (χ0v) is 13.4. The lowest BCUT2D eigenvalue weighted by Crippen LogP contribution is -2.13. The Morgan fingerprint density at radius 2 is 1.47 bits per heavy atom. The SMILES string of the molecule is CC[C@H](c1ccccc1)P(=O)(OC(C)C)OC(C)C. The van der Waals surface area contributed by atoms with Crippen LogP contribution in [0.1, 0.15) is 52.3 Å². The molecule has 0 spiro atoms. The molecule has 0 aromatic heterocycles. The molecule has 0 aliphatic carbocycles. The van der Waals surface area contributed by atoms with Gasteiger partial charge in [-0.3, -0.25) is 4.57 Å². The summed E-state index contributed by atoms with van der Waals surface area (Å²) < 4.78 is 24.5. The van der Waals surface area contributed by atoms with Crippen LogP contribution >= 0.6 is 7.60 Å². The molecule has 0 heterocycles.